The summed E-state index contributed by atoms with van der Waals surface area (Å²) in [6.45, 7) is 2.49. The van der Waals surface area contributed by atoms with E-state index in [0.29, 0.717) is 16.3 Å². The molecular formula is C11H12ClN3OS. The fourth-order valence-corrected chi connectivity index (χ4v) is 2.14. The Labute approximate surface area is 109 Å². The van der Waals surface area contributed by atoms with E-state index in [9.17, 15) is 4.79 Å². The van der Waals surface area contributed by atoms with Gasteiger partial charge >= 0.3 is 5.69 Å². The van der Waals surface area contributed by atoms with Gasteiger partial charge in [0.2, 0.25) is 4.77 Å². The maximum absolute atomic E-state index is 12.1. The Morgan fingerprint density at radius 1 is 1.29 bits per heavy atom. The van der Waals surface area contributed by atoms with Gasteiger partial charge in [0.15, 0.2) is 0 Å². The Morgan fingerprint density at radius 2 is 1.88 bits per heavy atom. The molecule has 1 aromatic carbocycles. The molecule has 0 amide bonds. The van der Waals surface area contributed by atoms with Crippen LogP contribution in [-0.4, -0.2) is 13.9 Å². The van der Waals surface area contributed by atoms with Crippen molar-refractivity contribution in [3.05, 3.63) is 44.5 Å². The third-order valence-corrected chi connectivity index (χ3v) is 3.33. The van der Waals surface area contributed by atoms with Gasteiger partial charge in [0, 0.05) is 18.6 Å². The van der Waals surface area contributed by atoms with Gasteiger partial charge in [0.25, 0.3) is 0 Å². The number of nitrogens with zero attached hydrogens (tertiary/aromatic N) is 3. The van der Waals surface area contributed by atoms with Gasteiger partial charge in [0.1, 0.15) is 0 Å². The van der Waals surface area contributed by atoms with Crippen LogP contribution in [0, 0.1) is 4.77 Å². The first-order chi connectivity index (χ1) is 8.06. The molecule has 0 bridgehead atoms. The molecule has 6 heteroatoms. The molecule has 0 unspecified atom stereocenters. The van der Waals surface area contributed by atoms with Gasteiger partial charge in [-0.2, -0.15) is 0 Å². The van der Waals surface area contributed by atoms with Crippen LogP contribution in [0.15, 0.2) is 29.1 Å². The third kappa shape index (κ3) is 1.96. The Bertz CT molecular complexity index is 651. The van der Waals surface area contributed by atoms with E-state index in [1.165, 1.54) is 4.57 Å². The fraction of sp³-hybridized carbons (Fsp3) is 0.273. The minimum Gasteiger partial charge on any atom is -0.259 e. The highest BCUT2D eigenvalue weighted by molar-refractivity contribution is 7.71. The number of benzene rings is 1. The van der Waals surface area contributed by atoms with Crippen molar-refractivity contribution in [1.29, 1.82) is 0 Å². The molecule has 0 atom stereocenters. The van der Waals surface area contributed by atoms with E-state index < -0.39 is 0 Å². The van der Waals surface area contributed by atoms with E-state index in [-0.39, 0.29) is 5.69 Å². The first-order valence-electron chi connectivity index (χ1n) is 5.21. The highest BCUT2D eigenvalue weighted by atomic mass is 35.5. The normalized spacial score (nSPS) is 10.8. The summed E-state index contributed by atoms with van der Waals surface area (Å²) in [6.07, 6.45) is 0. The van der Waals surface area contributed by atoms with Crippen molar-refractivity contribution in [2.75, 3.05) is 0 Å². The second-order valence-corrected chi connectivity index (χ2v) is 4.42. The molecule has 2 rings (SSSR count). The monoisotopic (exact) mass is 269 g/mol. The first-order valence-corrected chi connectivity index (χ1v) is 5.99. The Balaban J connectivity index is 2.73. The van der Waals surface area contributed by atoms with Crippen LogP contribution in [-0.2, 0) is 13.6 Å². The molecule has 0 aliphatic heterocycles. The van der Waals surface area contributed by atoms with Crippen molar-refractivity contribution >= 4 is 23.8 Å². The lowest BCUT2D eigenvalue weighted by Gasteiger charge is -1.99. The Kier molecular flexibility index (Phi) is 3.22. The predicted molar refractivity (Wildman–Crippen MR) is 70.5 cm³/mol. The van der Waals surface area contributed by atoms with Crippen LogP contribution in [0.1, 0.15) is 6.92 Å². The molecule has 1 aromatic heterocycles. The Hall–Kier alpha value is -1.33. The van der Waals surface area contributed by atoms with Crippen molar-refractivity contribution in [3.8, 4) is 5.69 Å². The summed E-state index contributed by atoms with van der Waals surface area (Å²) in [6, 6.07) is 7.03. The minimum absolute atomic E-state index is 0.137. The summed E-state index contributed by atoms with van der Waals surface area (Å²) in [5.74, 6) is 0. The third-order valence-electron chi connectivity index (χ3n) is 2.63. The number of hydrogen-bond acceptors (Lipinski definition) is 2. The van der Waals surface area contributed by atoms with Gasteiger partial charge < -0.3 is 0 Å². The number of halogens is 1. The standard InChI is InChI=1S/C11H12ClN3OS/c1-3-14-10(16)15(11(17)13(14)2)9-6-4-8(12)5-7-9/h4-7H,3H2,1-2H3. The molecule has 0 aliphatic rings. The molecule has 0 saturated heterocycles. The maximum atomic E-state index is 12.1. The summed E-state index contributed by atoms with van der Waals surface area (Å²) >= 11 is 11.1. The molecule has 4 nitrogen and oxygen atoms in total. The molecule has 2 aromatic rings. The van der Waals surface area contributed by atoms with E-state index in [4.69, 9.17) is 23.8 Å². The molecule has 0 fully saturated rings. The van der Waals surface area contributed by atoms with Crippen LogP contribution in [0.3, 0.4) is 0 Å². The number of rotatable bonds is 2. The summed E-state index contributed by atoms with van der Waals surface area (Å²) < 4.78 is 5.22. The average molecular weight is 270 g/mol. The first kappa shape index (κ1) is 12.1. The number of hydrogen-bond donors (Lipinski definition) is 0. The van der Waals surface area contributed by atoms with E-state index >= 15 is 0 Å². The van der Waals surface area contributed by atoms with E-state index in [0.717, 1.165) is 5.69 Å². The summed E-state index contributed by atoms with van der Waals surface area (Å²) in [5, 5.41) is 0.631. The van der Waals surface area contributed by atoms with Gasteiger partial charge in [-0.25, -0.2) is 14.0 Å². The lowest BCUT2D eigenvalue weighted by Crippen LogP contribution is -2.25. The Morgan fingerprint density at radius 3 is 2.35 bits per heavy atom. The molecule has 0 saturated carbocycles. The number of aromatic nitrogens is 3. The van der Waals surface area contributed by atoms with Gasteiger partial charge in [-0.15, -0.1) is 0 Å². The topological polar surface area (TPSA) is 31.9 Å². The van der Waals surface area contributed by atoms with E-state index in [2.05, 4.69) is 0 Å². The lowest BCUT2D eigenvalue weighted by molar-refractivity contribution is 0.514. The van der Waals surface area contributed by atoms with E-state index in [1.807, 2.05) is 6.92 Å². The zero-order valence-corrected chi connectivity index (χ0v) is 11.1. The van der Waals surface area contributed by atoms with Gasteiger partial charge in [-0.3, -0.25) is 4.68 Å². The molecule has 0 aliphatic carbocycles. The molecular weight excluding hydrogens is 258 g/mol. The lowest BCUT2D eigenvalue weighted by atomic mass is 10.3. The summed E-state index contributed by atoms with van der Waals surface area (Å²) in [5.41, 5.74) is 0.592. The van der Waals surface area contributed by atoms with Crippen LogP contribution < -0.4 is 5.69 Å². The maximum Gasteiger partial charge on any atom is 0.349 e. The van der Waals surface area contributed by atoms with Crippen molar-refractivity contribution < 1.29 is 0 Å². The van der Waals surface area contributed by atoms with Crippen molar-refractivity contribution in [2.24, 2.45) is 7.05 Å². The molecule has 0 radical (unpaired) electrons. The zero-order chi connectivity index (χ0) is 12.6. The molecule has 90 valence electrons. The fourth-order valence-electron chi connectivity index (χ4n) is 1.73. The van der Waals surface area contributed by atoms with Gasteiger partial charge in [-0.05, 0) is 43.4 Å². The van der Waals surface area contributed by atoms with Crippen LogP contribution in [0.5, 0.6) is 0 Å². The smallest absolute Gasteiger partial charge is 0.259 e. The predicted octanol–water partition coefficient (Wildman–Crippen LogP) is 2.38. The van der Waals surface area contributed by atoms with Crippen LogP contribution in [0.25, 0.3) is 5.69 Å². The highest BCUT2D eigenvalue weighted by Gasteiger charge is 2.10. The highest BCUT2D eigenvalue weighted by Crippen LogP contribution is 2.12. The van der Waals surface area contributed by atoms with Gasteiger partial charge in [-0.1, -0.05) is 11.6 Å². The molecule has 1 heterocycles. The SMILES string of the molecule is CCn1c(=O)n(-c2ccc(Cl)cc2)c(=S)n1C. The largest absolute Gasteiger partial charge is 0.349 e. The van der Waals surface area contributed by atoms with Crippen LogP contribution in [0.2, 0.25) is 5.02 Å². The molecule has 17 heavy (non-hydrogen) atoms. The molecule has 0 N–H and O–H groups in total. The minimum atomic E-state index is -0.137. The van der Waals surface area contributed by atoms with Gasteiger partial charge in [0.05, 0.1) is 5.69 Å². The second-order valence-electron chi connectivity index (χ2n) is 3.62. The summed E-state index contributed by atoms with van der Waals surface area (Å²) in [7, 11) is 1.78. The van der Waals surface area contributed by atoms with Crippen LogP contribution >= 0.6 is 23.8 Å². The second kappa shape index (κ2) is 4.50. The summed E-state index contributed by atoms with van der Waals surface area (Å²) in [4.78, 5) is 12.1. The quantitative estimate of drug-likeness (QED) is 0.784. The van der Waals surface area contributed by atoms with Crippen molar-refractivity contribution in [1.82, 2.24) is 13.9 Å². The average Bonchev–Trinajstić information content (AvgIpc) is 2.52. The van der Waals surface area contributed by atoms with E-state index in [1.54, 1.807) is 40.7 Å². The molecule has 0 spiro atoms. The zero-order valence-electron chi connectivity index (χ0n) is 9.55. The van der Waals surface area contributed by atoms with Crippen LogP contribution in [0.4, 0.5) is 0 Å². The van der Waals surface area contributed by atoms with Crippen molar-refractivity contribution in [2.45, 2.75) is 13.5 Å². The van der Waals surface area contributed by atoms with Crippen molar-refractivity contribution in [3.63, 3.8) is 0 Å².